The summed E-state index contributed by atoms with van der Waals surface area (Å²) in [5.41, 5.74) is 3.74. The van der Waals surface area contributed by atoms with Crippen molar-refractivity contribution >= 4 is 6.29 Å². The number of aromatic nitrogens is 3. The van der Waals surface area contributed by atoms with Crippen LogP contribution in [0.1, 0.15) is 67.2 Å². The van der Waals surface area contributed by atoms with Gasteiger partial charge in [0, 0.05) is 0 Å². The SMILES string of the molecule is CCc1ccccc1-n1nnc(C=O)c1CCC1CCCCC1. The van der Waals surface area contributed by atoms with Crippen LogP contribution >= 0.6 is 0 Å². The lowest BCUT2D eigenvalue weighted by Crippen LogP contribution is -2.11. The van der Waals surface area contributed by atoms with Gasteiger partial charge in [-0.3, -0.25) is 4.79 Å². The summed E-state index contributed by atoms with van der Waals surface area (Å²) < 4.78 is 1.88. The van der Waals surface area contributed by atoms with Crippen molar-refractivity contribution in [1.82, 2.24) is 15.0 Å². The second kappa shape index (κ2) is 7.53. The van der Waals surface area contributed by atoms with Gasteiger partial charge in [-0.1, -0.05) is 62.4 Å². The molecule has 0 aliphatic heterocycles. The Kier molecular flexibility index (Phi) is 5.21. The summed E-state index contributed by atoms with van der Waals surface area (Å²) in [5, 5.41) is 8.36. The number of para-hydroxylation sites is 1. The Labute approximate surface area is 137 Å². The van der Waals surface area contributed by atoms with Crippen molar-refractivity contribution in [3.8, 4) is 5.69 Å². The Bertz CT molecular complexity index is 656. The van der Waals surface area contributed by atoms with Crippen molar-refractivity contribution in [3.05, 3.63) is 41.2 Å². The third-order valence-electron chi connectivity index (χ3n) is 5.02. The lowest BCUT2D eigenvalue weighted by atomic mass is 9.85. The minimum absolute atomic E-state index is 0.492. The fourth-order valence-corrected chi connectivity index (χ4v) is 3.67. The number of nitrogens with zero attached hydrogens (tertiary/aromatic N) is 3. The maximum atomic E-state index is 11.4. The first-order chi connectivity index (χ1) is 11.3. The highest BCUT2D eigenvalue weighted by Crippen LogP contribution is 2.28. The van der Waals surface area contributed by atoms with Gasteiger partial charge in [0.25, 0.3) is 0 Å². The molecule has 2 aromatic rings. The van der Waals surface area contributed by atoms with Gasteiger partial charge in [-0.15, -0.1) is 5.10 Å². The largest absolute Gasteiger partial charge is 0.296 e. The zero-order chi connectivity index (χ0) is 16.1. The van der Waals surface area contributed by atoms with E-state index in [0.29, 0.717) is 5.69 Å². The van der Waals surface area contributed by atoms with Crippen LogP contribution in [0.2, 0.25) is 0 Å². The summed E-state index contributed by atoms with van der Waals surface area (Å²) in [7, 11) is 0. The fourth-order valence-electron chi connectivity index (χ4n) is 3.67. The van der Waals surface area contributed by atoms with Crippen LogP contribution < -0.4 is 0 Å². The van der Waals surface area contributed by atoms with Crippen molar-refractivity contribution in [2.24, 2.45) is 5.92 Å². The number of aryl methyl sites for hydroxylation is 1. The number of benzene rings is 1. The van der Waals surface area contributed by atoms with Gasteiger partial charge in [0.1, 0.15) is 5.69 Å². The standard InChI is InChI=1S/C19H25N3O/c1-2-16-10-6-7-11-18(16)22-19(17(14-23)20-21-22)13-12-15-8-4-3-5-9-15/h6-7,10-11,14-15H,2-5,8-9,12-13H2,1H3. The molecule has 1 aliphatic rings. The molecule has 3 rings (SSSR count). The molecular weight excluding hydrogens is 286 g/mol. The van der Waals surface area contributed by atoms with E-state index in [4.69, 9.17) is 0 Å². The summed E-state index contributed by atoms with van der Waals surface area (Å²) in [6.45, 7) is 2.14. The van der Waals surface area contributed by atoms with Gasteiger partial charge < -0.3 is 0 Å². The summed E-state index contributed by atoms with van der Waals surface area (Å²) in [6, 6.07) is 8.23. The molecule has 0 spiro atoms. The van der Waals surface area contributed by atoms with E-state index in [1.807, 2.05) is 16.8 Å². The average molecular weight is 311 g/mol. The highest BCUT2D eigenvalue weighted by atomic mass is 16.1. The minimum Gasteiger partial charge on any atom is -0.296 e. The van der Waals surface area contributed by atoms with Gasteiger partial charge >= 0.3 is 0 Å². The highest BCUT2D eigenvalue weighted by molar-refractivity contribution is 5.73. The average Bonchev–Trinajstić information content (AvgIpc) is 3.03. The Hall–Kier alpha value is -1.97. The first-order valence-electron chi connectivity index (χ1n) is 8.81. The maximum Gasteiger partial charge on any atom is 0.172 e. The van der Waals surface area contributed by atoms with Crippen LogP contribution in [0.3, 0.4) is 0 Å². The fraction of sp³-hybridized carbons (Fsp3) is 0.526. The lowest BCUT2D eigenvalue weighted by molar-refractivity contribution is 0.111. The second-order valence-corrected chi connectivity index (χ2v) is 6.48. The van der Waals surface area contributed by atoms with Crippen LogP contribution in [-0.2, 0) is 12.8 Å². The van der Waals surface area contributed by atoms with Gasteiger partial charge in [0.2, 0.25) is 0 Å². The Morgan fingerprint density at radius 1 is 1.22 bits per heavy atom. The highest BCUT2D eigenvalue weighted by Gasteiger charge is 2.19. The topological polar surface area (TPSA) is 47.8 Å². The Balaban J connectivity index is 1.86. The van der Waals surface area contributed by atoms with Crippen molar-refractivity contribution in [2.75, 3.05) is 0 Å². The zero-order valence-corrected chi connectivity index (χ0v) is 13.9. The van der Waals surface area contributed by atoms with Crippen molar-refractivity contribution in [1.29, 1.82) is 0 Å². The first-order valence-corrected chi connectivity index (χ1v) is 8.81. The molecule has 0 bridgehead atoms. The normalized spacial score (nSPS) is 15.7. The number of aldehydes is 1. The van der Waals surface area contributed by atoms with Crippen LogP contribution in [0.4, 0.5) is 0 Å². The smallest absolute Gasteiger partial charge is 0.172 e. The van der Waals surface area contributed by atoms with Gasteiger partial charge in [0.05, 0.1) is 11.4 Å². The van der Waals surface area contributed by atoms with Crippen LogP contribution in [0.5, 0.6) is 0 Å². The predicted molar refractivity (Wildman–Crippen MR) is 91.0 cm³/mol. The molecule has 4 nitrogen and oxygen atoms in total. The number of hydrogen-bond acceptors (Lipinski definition) is 3. The molecular formula is C19H25N3O. The van der Waals surface area contributed by atoms with Crippen molar-refractivity contribution in [3.63, 3.8) is 0 Å². The van der Waals surface area contributed by atoms with Crippen LogP contribution in [0.15, 0.2) is 24.3 Å². The Morgan fingerprint density at radius 2 is 2.00 bits per heavy atom. The molecule has 0 unspecified atom stereocenters. The number of hydrogen-bond donors (Lipinski definition) is 0. The summed E-state index contributed by atoms with van der Waals surface area (Å²) >= 11 is 0. The van der Waals surface area contributed by atoms with E-state index in [-0.39, 0.29) is 0 Å². The molecule has 0 radical (unpaired) electrons. The van der Waals surface area contributed by atoms with Crippen LogP contribution in [0.25, 0.3) is 5.69 Å². The molecule has 1 aliphatic carbocycles. The van der Waals surface area contributed by atoms with Crippen LogP contribution in [-0.4, -0.2) is 21.3 Å². The molecule has 1 fully saturated rings. The monoisotopic (exact) mass is 311 g/mol. The molecule has 4 heteroatoms. The third kappa shape index (κ3) is 3.52. The Morgan fingerprint density at radius 3 is 2.74 bits per heavy atom. The molecule has 0 atom stereocenters. The van der Waals surface area contributed by atoms with Crippen LogP contribution in [0, 0.1) is 5.92 Å². The number of carbonyl (C=O) groups excluding carboxylic acids is 1. The van der Waals surface area contributed by atoms with E-state index in [1.54, 1.807) is 0 Å². The molecule has 23 heavy (non-hydrogen) atoms. The van der Waals surface area contributed by atoms with E-state index in [0.717, 1.165) is 42.8 Å². The second-order valence-electron chi connectivity index (χ2n) is 6.48. The first kappa shape index (κ1) is 15.9. The van der Waals surface area contributed by atoms with Gasteiger partial charge in [-0.05, 0) is 36.8 Å². The molecule has 122 valence electrons. The minimum atomic E-state index is 0.492. The molecule has 1 saturated carbocycles. The third-order valence-corrected chi connectivity index (χ3v) is 5.02. The number of rotatable bonds is 6. The molecule has 0 N–H and O–H groups in total. The summed E-state index contributed by atoms with van der Waals surface area (Å²) in [6.07, 6.45) is 10.5. The zero-order valence-electron chi connectivity index (χ0n) is 13.9. The van der Waals surface area contributed by atoms with Gasteiger partial charge in [0.15, 0.2) is 6.29 Å². The van der Waals surface area contributed by atoms with E-state index in [2.05, 4.69) is 29.4 Å². The van der Waals surface area contributed by atoms with E-state index in [9.17, 15) is 4.79 Å². The molecule has 0 saturated heterocycles. The van der Waals surface area contributed by atoms with E-state index < -0.39 is 0 Å². The van der Waals surface area contributed by atoms with Crippen molar-refractivity contribution in [2.45, 2.75) is 58.3 Å². The summed E-state index contributed by atoms with van der Waals surface area (Å²) in [4.78, 5) is 11.4. The maximum absolute atomic E-state index is 11.4. The molecule has 1 aromatic carbocycles. The van der Waals surface area contributed by atoms with E-state index >= 15 is 0 Å². The predicted octanol–water partition coefficient (Wildman–Crippen LogP) is 4.16. The number of carbonyl (C=O) groups is 1. The molecule has 1 aromatic heterocycles. The van der Waals surface area contributed by atoms with Gasteiger partial charge in [-0.25, -0.2) is 4.68 Å². The van der Waals surface area contributed by atoms with Crippen molar-refractivity contribution < 1.29 is 4.79 Å². The van der Waals surface area contributed by atoms with Gasteiger partial charge in [-0.2, -0.15) is 0 Å². The summed E-state index contributed by atoms with van der Waals surface area (Å²) in [5.74, 6) is 0.785. The molecule has 0 amide bonds. The lowest BCUT2D eigenvalue weighted by Gasteiger charge is -2.21. The quantitative estimate of drug-likeness (QED) is 0.753. The van der Waals surface area contributed by atoms with E-state index in [1.165, 1.54) is 37.7 Å². The molecule has 1 heterocycles.